The van der Waals surface area contributed by atoms with Crippen LogP contribution >= 0.6 is 0 Å². The average Bonchev–Trinajstić information content (AvgIpc) is 2.37. The maximum atomic E-state index is 4.60. The third kappa shape index (κ3) is 2.72. The highest BCUT2D eigenvalue weighted by molar-refractivity contribution is 5.57. The molecule has 4 heteroatoms. The minimum absolute atomic E-state index is 0.391. The molecule has 0 aliphatic heterocycles. The first-order chi connectivity index (χ1) is 9.02. The molecule has 2 rings (SSSR count). The van der Waals surface area contributed by atoms with E-state index in [4.69, 9.17) is 0 Å². The molecule has 2 aromatic heterocycles. The minimum Gasteiger partial charge on any atom is -0.373 e. The number of nitrogens with zero attached hydrogens (tertiary/aromatic N) is 3. The Kier molecular flexibility index (Phi) is 3.79. The molecule has 0 radical (unpaired) electrons. The smallest absolute Gasteiger partial charge is 0.180 e. The van der Waals surface area contributed by atoms with Crippen molar-refractivity contribution in [1.29, 1.82) is 0 Å². The Hall–Kier alpha value is -1.97. The van der Waals surface area contributed by atoms with Crippen LogP contribution < -0.4 is 5.32 Å². The normalized spacial score (nSPS) is 10.8. The molecule has 0 atom stereocenters. The predicted octanol–water partition coefficient (Wildman–Crippen LogP) is 3.32. The van der Waals surface area contributed by atoms with Gasteiger partial charge in [-0.15, -0.1) is 0 Å². The SMILES string of the molecule is CNc1nc(-c2cccc(C)n2)nc(C)c1C(C)C. The summed E-state index contributed by atoms with van der Waals surface area (Å²) in [5, 5.41) is 3.16. The van der Waals surface area contributed by atoms with Crippen LogP contribution in [0.3, 0.4) is 0 Å². The lowest BCUT2D eigenvalue weighted by molar-refractivity contribution is 0.833. The zero-order chi connectivity index (χ0) is 14.0. The van der Waals surface area contributed by atoms with Crippen LogP contribution in [0.2, 0.25) is 0 Å². The van der Waals surface area contributed by atoms with E-state index in [2.05, 4.69) is 34.1 Å². The maximum absolute atomic E-state index is 4.60. The minimum atomic E-state index is 0.391. The summed E-state index contributed by atoms with van der Waals surface area (Å²) in [6, 6.07) is 5.89. The summed E-state index contributed by atoms with van der Waals surface area (Å²) in [5.41, 5.74) is 3.96. The molecule has 0 saturated heterocycles. The Labute approximate surface area is 114 Å². The van der Waals surface area contributed by atoms with E-state index in [1.807, 2.05) is 39.1 Å². The summed E-state index contributed by atoms with van der Waals surface area (Å²) in [6.07, 6.45) is 0. The molecule has 0 aliphatic carbocycles. The van der Waals surface area contributed by atoms with E-state index in [1.165, 1.54) is 5.56 Å². The van der Waals surface area contributed by atoms with Gasteiger partial charge in [-0.2, -0.15) is 0 Å². The molecule has 0 aliphatic rings. The highest BCUT2D eigenvalue weighted by Gasteiger charge is 2.15. The molecule has 0 saturated carbocycles. The van der Waals surface area contributed by atoms with Crippen molar-refractivity contribution in [1.82, 2.24) is 15.0 Å². The first-order valence-electron chi connectivity index (χ1n) is 6.53. The van der Waals surface area contributed by atoms with Crippen molar-refractivity contribution in [3.8, 4) is 11.5 Å². The molecular weight excluding hydrogens is 236 g/mol. The predicted molar refractivity (Wildman–Crippen MR) is 78.4 cm³/mol. The van der Waals surface area contributed by atoms with Crippen molar-refractivity contribution in [2.45, 2.75) is 33.6 Å². The zero-order valence-corrected chi connectivity index (χ0v) is 12.2. The van der Waals surface area contributed by atoms with E-state index in [1.54, 1.807) is 0 Å². The highest BCUT2D eigenvalue weighted by Crippen LogP contribution is 2.27. The molecule has 0 aromatic carbocycles. The van der Waals surface area contributed by atoms with Gasteiger partial charge >= 0.3 is 0 Å². The van der Waals surface area contributed by atoms with Gasteiger partial charge in [-0.1, -0.05) is 19.9 Å². The van der Waals surface area contributed by atoms with E-state index in [9.17, 15) is 0 Å². The topological polar surface area (TPSA) is 50.7 Å². The van der Waals surface area contributed by atoms with Gasteiger partial charge in [0.25, 0.3) is 0 Å². The Bertz CT molecular complexity index is 591. The van der Waals surface area contributed by atoms with Gasteiger partial charge in [0.2, 0.25) is 0 Å². The van der Waals surface area contributed by atoms with Crippen molar-refractivity contribution in [2.75, 3.05) is 12.4 Å². The molecule has 4 nitrogen and oxygen atoms in total. The Morgan fingerprint density at radius 3 is 2.37 bits per heavy atom. The van der Waals surface area contributed by atoms with Crippen LogP contribution in [0.15, 0.2) is 18.2 Å². The molecule has 19 heavy (non-hydrogen) atoms. The molecule has 0 unspecified atom stereocenters. The quantitative estimate of drug-likeness (QED) is 0.915. The summed E-state index contributed by atoms with van der Waals surface area (Å²) in [6.45, 7) is 8.29. The summed E-state index contributed by atoms with van der Waals surface area (Å²) >= 11 is 0. The van der Waals surface area contributed by atoms with Gasteiger partial charge in [-0.3, -0.25) is 0 Å². The van der Waals surface area contributed by atoms with Crippen molar-refractivity contribution >= 4 is 5.82 Å². The Morgan fingerprint density at radius 2 is 1.79 bits per heavy atom. The van der Waals surface area contributed by atoms with E-state index < -0.39 is 0 Å². The van der Waals surface area contributed by atoms with Gasteiger partial charge in [0, 0.05) is 24.0 Å². The van der Waals surface area contributed by atoms with E-state index in [0.717, 1.165) is 22.9 Å². The van der Waals surface area contributed by atoms with Crippen LogP contribution in [-0.2, 0) is 0 Å². The first kappa shape index (κ1) is 13.5. The number of pyridine rings is 1. The van der Waals surface area contributed by atoms with E-state index in [-0.39, 0.29) is 0 Å². The lowest BCUT2D eigenvalue weighted by atomic mass is 10.0. The van der Waals surface area contributed by atoms with Crippen LogP contribution in [0, 0.1) is 13.8 Å². The second-order valence-corrected chi connectivity index (χ2v) is 4.96. The van der Waals surface area contributed by atoms with Gasteiger partial charge in [-0.05, 0) is 31.9 Å². The average molecular weight is 256 g/mol. The van der Waals surface area contributed by atoms with Crippen LogP contribution in [0.4, 0.5) is 5.82 Å². The van der Waals surface area contributed by atoms with Gasteiger partial charge in [0.1, 0.15) is 11.5 Å². The fraction of sp³-hybridized carbons (Fsp3) is 0.400. The monoisotopic (exact) mass is 256 g/mol. The van der Waals surface area contributed by atoms with Crippen LogP contribution in [-0.4, -0.2) is 22.0 Å². The van der Waals surface area contributed by atoms with Crippen molar-refractivity contribution in [3.05, 3.63) is 35.2 Å². The van der Waals surface area contributed by atoms with E-state index in [0.29, 0.717) is 11.7 Å². The number of rotatable bonds is 3. The Morgan fingerprint density at radius 1 is 1.05 bits per heavy atom. The third-order valence-corrected chi connectivity index (χ3v) is 3.07. The summed E-state index contributed by atoms with van der Waals surface area (Å²) in [4.78, 5) is 13.7. The van der Waals surface area contributed by atoms with Crippen LogP contribution in [0.1, 0.15) is 36.7 Å². The summed E-state index contributed by atoms with van der Waals surface area (Å²) in [5.74, 6) is 1.96. The number of aryl methyl sites for hydroxylation is 2. The third-order valence-electron chi connectivity index (χ3n) is 3.07. The molecule has 1 N–H and O–H groups in total. The van der Waals surface area contributed by atoms with Gasteiger partial charge in [-0.25, -0.2) is 15.0 Å². The van der Waals surface area contributed by atoms with Crippen molar-refractivity contribution in [3.63, 3.8) is 0 Å². The van der Waals surface area contributed by atoms with Crippen LogP contribution in [0.5, 0.6) is 0 Å². The fourth-order valence-corrected chi connectivity index (χ4v) is 2.25. The number of nitrogens with one attached hydrogen (secondary N) is 1. The first-order valence-corrected chi connectivity index (χ1v) is 6.53. The molecule has 0 fully saturated rings. The van der Waals surface area contributed by atoms with Gasteiger partial charge in [0.05, 0.1) is 0 Å². The molecule has 2 heterocycles. The van der Waals surface area contributed by atoms with Gasteiger partial charge in [0.15, 0.2) is 5.82 Å². The standard InChI is InChI=1S/C15H20N4/c1-9(2)13-11(4)18-14(19-15(13)16-5)12-8-6-7-10(3)17-12/h6-9H,1-5H3,(H,16,18,19). The highest BCUT2D eigenvalue weighted by atomic mass is 15.0. The molecule has 0 bridgehead atoms. The van der Waals surface area contributed by atoms with Crippen molar-refractivity contribution in [2.24, 2.45) is 0 Å². The van der Waals surface area contributed by atoms with Gasteiger partial charge < -0.3 is 5.32 Å². The number of anilines is 1. The second-order valence-electron chi connectivity index (χ2n) is 4.96. The van der Waals surface area contributed by atoms with Crippen LogP contribution in [0.25, 0.3) is 11.5 Å². The molecular formula is C15H20N4. The summed E-state index contributed by atoms with van der Waals surface area (Å²) < 4.78 is 0. The fourth-order valence-electron chi connectivity index (χ4n) is 2.25. The second kappa shape index (κ2) is 5.34. The molecule has 2 aromatic rings. The van der Waals surface area contributed by atoms with Crippen molar-refractivity contribution < 1.29 is 0 Å². The maximum Gasteiger partial charge on any atom is 0.180 e. The summed E-state index contributed by atoms with van der Waals surface area (Å²) in [7, 11) is 1.89. The Balaban J connectivity index is 2.58. The molecule has 100 valence electrons. The number of aromatic nitrogens is 3. The number of hydrogen-bond acceptors (Lipinski definition) is 4. The lowest BCUT2D eigenvalue weighted by Crippen LogP contribution is -2.07. The van der Waals surface area contributed by atoms with E-state index >= 15 is 0 Å². The molecule has 0 spiro atoms. The molecule has 0 amide bonds. The largest absolute Gasteiger partial charge is 0.373 e. The number of hydrogen-bond donors (Lipinski definition) is 1. The zero-order valence-electron chi connectivity index (χ0n) is 12.2. The lowest BCUT2D eigenvalue weighted by Gasteiger charge is -2.15.